The van der Waals surface area contributed by atoms with E-state index < -0.39 is 10.0 Å². The van der Waals surface area contributed by atoms with E-state index in [1.165, 1.54) is 0 Å². The van der Waals surface area contributed by atoms with Crippen molar-refractivity contribution in [3.63, 3.8) is 0 Å². The molecule has 0 aromatic carbocycles. The van der Waals surface area contributed by atoms with Crippen LogP contribution in [0.3, 0.4) is 0 Å². The first-order valence-corrected chi connectivity index (χ1v) is 9.65. The summed E-state index contributed by atoms with van der Waals surface area (Å²) >= 11 is 0. The lowest BCUT2D eigenvalue weighted by molar-refractivity contribution is 0.119. The van der Waals surface area contributed by atoms with E-state index in [2.05, 4.69) is 14.9 Å². The molecule has 0 radical (unpaired) electrons. The lowest BCUT2D eigenvalue weighted by Crippen LogP contribution is -2.48. The molecule has 0 unspecified atom stereocenters. The molecule has 0 saturated carbocycles. The van der Waals surface area contributed by atoms with E-state index in [1.54, 1.807) is 23.6 Å². The van der Waals surface area contributed by atoms with Gasteiger partial charge >= 0.3 is 0 Å². The maximum atomic E-state index is 12.0. The second-order valence-electron chi connectivity index (χ2n) is 6.34. The van der Waals surface area contributed by atoms with Gasteiger partial charge in [0.15, 0.2) is 0 Å². The zero-order chi connectivity index (χ0) is 15.6. The summed E-state index contributed by atoms with van der Waals surface area (Å²) in [5, 5.41) is 0. The summed E-state index contributed by atoms with van der Waals surface area (Å²) in [4.78, 5) is 10.9. The van der Waals surface area contributed by atoms with E-state index in [4.69, 9.17) is 0 Å². The molecule has 3 heterocycles. The summed E-state index contributed by atoms with van der Waals surface area (Å²) in [5.41, 5.74) is 0.311. The fourth-order valence-corrected chi connectivity index (χ4v) is 4.66. The van der Waals surface area contributed by atoms with E-state index in [9.17, 15) is 8.42 Å². The number of aromatic nitrogens is 2. The first kappa shape index (κ1) is 15.7. The molecule has 2 aliphatic rings. The molecule has 0 amide bonds. The van der Waals surface area contributed by atoms with E-state index >= 15 is 0 Å². The van der Waals surface area contributed by atoms with Crippen LogP contribution in [0.15, 0.2) is 18.5 Å². The Kier molecular flexibility index (Phi) is 4.36. The second kappa shape index (κ2) is 6.12. The Balaban J connectivity index is 1.58. The summed E-state index contributed by atoms with van der Waals surface area (Å²) in [6.45, 7) is 5.00. The molecule has 1 spiro atoms. The minimum absolute atomic E-state index is 0.207. The Labute approximate surface area is 132 Å². The van der Waals surface area contributed by atoms with Gasteiger partial charge in [0.25, 0.3) is 0 Å². The predicted molar refractivity (Wildman–Crippen MR) is 86.2 cm³/mol. The van der Waals surface area contributed by atoms with Gasteiger partial charge in [0.2, 0.25) is 16.0 Å². The van der Waals surface area contributed by atoms with Crippen LogP contribution in [-0.4, -0.2) is 54.6 Å². The Morgan fingerprint density at radius 1 is 1.05 bits per heavy atom. The van der Waals surface area contributed by atoms with Crippen LogP contribution in [0.5, 0.6) is 0 Å². The first-order valence-electron chi connectivity index (χ1n) is 8.04. The number of hydrogen-bond acceptors (Lipinski definition) is 5. The number of hydrogen-bond donors (Lipinski definition) is 0. The third-order valence-corrected chi connectivity index (χ3v) is 7.08. The Morgan fingerprint density at radius 3 is 2.14 bits per heavy atom. The third-order valence-electron chi connectivity index (χ3n) is 5.20. The lowest BCUT2D eigenvalue weighted by atomic mass is 9.71. The van der Waals surface area contributed by atoms with Crippen LogP contribution in [-0.2, 0) is 10.0 Å². The van der Waals surface area contributed by atoms with Gasteiger partial charge in [-0.2, -0.15) is 0 Å². The Morgan fingerprint density at radius 2 is 1.59 bits per heavy atom. The van der Waals surface area contributed by atoms with Crippen molar-refractivity contribution in [1.29, 1.82) is 0 Å². The second-order valence-corrected chi connectivity index (χ2v) is 8.59. The zero-order valence-electron chi connectivity index (χ0n) is 13.1. The normalized spacial score (nSPS) is 22.9. The minimum atomic E-state index is -3.03. The molecule has 1 aromatic heterocycles. The predicted octanol–water partition coefficient (Wildman–Crippen LogP) is 1.51. The molecule has 0 atom stereocenters. The summed E-state index contributed by atoms with van der Waals surface area (Å²) in [5.74, 6) is 1.02. The number of nitrogens with zero attached hydrogens (tertiary/aromatic N) is 4. The monoisotopic (exact) mass is 324 g/mol. The number of anilines is 1. The molecular formula is C15H24N4O2S. The van der Waals surface area contributed by atoms with Gasteiger partial charge in [0.05, 0.1) is 5.75 Å². The quantitative estimate of drug-likeness (QED) is 0.843. The van der Waals surface area contributed by atoms with Crippen LogP contribution in [0.2, 0.25) is 0 Å². The molecule has 0 N–H and O–H groups in total. The van der Waals surface area contributed by atoms with Crippen molar-refractivity contribution >= 4 is 16.0 Å². The van der Waals surface area contributed by atoms with E-state index in [0.29, 0.717) is 18.5 Å². The lowest BCUT2D eigenvalue weighted by Gasteiger charge is -2.46. The standard InChI is InChI=1S/C15H24N4O2S/c1-2-22(20,21)19-12-6-15(7-13-19)4-10-18(11-5-15)14-16-8-3-9-17-14/h3,8-9H,2,4-7,10-13H2,1H3. The molecule has 3 rings (SSSR count). The highest BCUT2D eigenvalue weighted by Crippen LogP contribution is 2.42. The summed E-state index contributed by atoms with van der Waals surface area (Å²) in [6, 6.07) is 1.83. The van der Waals surface area contributed by atoms with Gasteiger partial charge in [-0.1, -0.05) is 0 Å². The molecular weight excluding hydrogens is 300 g/mol. The third kappa shape index (κ3) is 3.10. The average Bonchev–Trinajstić information content (AvgIpc) is 2.57. The van der Waals surface area contributed by atoms with Crippen molar-refractivity contribution in [3.05, 3.63) is 18.5 Å². The first-order chi connectivity index (χ1) is 10.5. The van der Waals surface area contributed by atoms with Crippen LogP contribution < -0.4 is 4.90 Å². The number of piperidine rings is 2. The van der Waals surface area contributed by atoms with Gasteiger partial charge in [-0.05, 0) is 44.1 Å². The fourth-order valence-electron chi connectivity index (χ4n) is 3.56. The van der Waals surface area contributed by atoms with Crippen LogP contribution in [0.4, 0.5) is 5.95 Å². The highest BCUT2D eigenvalue weighted by atomic mass is 32.2. The molecule has 7 heteroatoms. The van der Waals surface area contributed by atoms with Crippen molar-refractivity contribution in [2.45, 2.75) is 32.6 Å². The van der Waals surface area contributed by atoms with Gasteiger partial charge in [-0.15, -0.1) is 0 Å². The molecule has 2 saturated heterocycles. The fraction of sp³-hybridized carbons (Fsp3) is 0.733. The molecule has 6 nitrogen and oxygen atoms in total. The van der Waals surface area contributed by atoms with Crippen molar-refractivity contribution in [2.75, 3.05) is 36.8 Å². The van der Waals surface area contributed by atoms with Gasteiger partial charge in [0.1, 0.15) is 0 Å². The minimum Gasteiger partial charge on any atom is -0.341 e. The highest BCUT2D eigenvalue weighted by Gasteiger charge is 2.40. The van der Waals surface area contributed by atoms with E-state index in [-0.39, 0.29) is 5.75 Å². The smallest absolute Gasteiger partial charge is 0.225 e. The molecule has 2 aliphatic heterocycles. The van der Waals surface area contributed by atoms with Crippen LogP contribution in [0.25, 0.3) is 0 Å². The number of sulfonamides is 1. The van der Waals surface area contributed by atoms with Crippen molar-refractivity contribution in [2.24, 2.45) is 5.41 Å². The van der Waals surface area contributed by atoms with E-state index in [1.807, 2.05) is 6.07 Å². The van der Waals surface area contributed by atoms with Crippen molar-refractivity contribution in [1.82, 2.24) is 14.3 Å². The average molecular weight is 324 g/mol. The SMILES string of the molecule is CCS(=O)(=O)N1CCC2(CCN(c3ncccn3)CC2)CC1. The maximum Gasteiger partial charge on any atom is 0.225 e. The molecule has 122 valence electrons. The molecule has 2 fully saturated rings. The molecule has 0 aliphatic carbocycles. The summed E-state index contributed by atoms with van der Waals surface area (Å²) in [6.07, 6.45) is 7.73. The topological polar surface area (TPSA) is 66.4 Å². The number of rotatable bonds is 3. The highest BCUT2D eigenvalue weighted by molar-refractivity contribution is 7.89. The van der Waals surface area contributed by atoms with Crippen molar-refractivity contribution < 1.29 is 8.42 Å². The molecule has 1 aromatic rings. The maximum absolute atomic E-state index is 12.0. The van der Waals surface area contributed by atoms with Crippen molar-refractivity contribution in [3.8, 4) is 0 Å². The van der Waals surface area contributed by atoms with Gasteiger partial charge < -0.3 is 4.90 Å². The van der Waals surface area contributed by atoms with Gasteiger partial charge in [-0.3, -0.25) is 0 Å². The van der Waals surface area contributed by atoms with Gasteiger partial charge in [-0.25, -0.2) is 22.7 Å². The van der Waals surface area contributed by atoms with Crippen LogP contribution >= 0.6 is 0 Å². The Hall–Kier alpha value is -1.21. The Bertz CT molecular complexity index is 587. The van der Waals surface area contributed by atoms with E-state index in [0.717, 1.165) is 44.7 Å². The van der Waals surface area contributed by atoms with Crippen LogP contribution in [0.1, 0.15) is 32.6 Å². The molecule has 0 bridgehead atoms. The summed E-state index contributed by atoms with van der Waals surface area (Å²) < 4.78 is 25.6. The largest absolute Gasteiger partial charge is 0.341 e. The summed E-state index contributed by atoms with van der Waals surface area (Å²) in [7, 11) is -3.03. The molecule has 22 heavy (non-hydrogen) atoms. The zero-order valence-corrected chi connectivity index (χ0v) is 13.9. The van der Waals surface area contributed by atoms with Gasteiger partial charge in [0, 0.05) is 38.6 Å². The van der Waals surface area contributed by atoms with Crippen LogP contribution in [0, 0.1) is 5.41 Å².